The van der Waals surface area contributed by atoms with Crippen LogP contribution >= 0.6 is 0 Å². The molecule has 0 aliphatic rings. The molecule has 4 heterocycles. The maximum atomic E-state index is 12.1. The molecule has 0 bridgehead atoms. The van der Waals surface area contributed by atoms with Crippen molar-refractivity contribution in [1.29, 1.82) is 0 Å². The van der Waals surface area contributed by atoms with Crippen molar-refractivity contribution in [3.8, 4) is 11.4 Å². The Morgan fingerprint density at radius 1 is 0.771 bits per heavy atom. The Labute approximate surface area is 197 Å². The third-order valence-electron chi connectivity index (χ3n) is 6.39. The molecule has 0 atom stereocenters. The maximum Gasteiger partial charge on any atom is 0.336 e. The van der Waals surface area contributed by atoms with Gasteiger partial charge >= 0.3 is 11.3 Å². The fourth-order valence-electron chi connectivity index (χ4n) is 4.80. The molecule has 6 rings (SSSR count). The normalized spacial score (nSPS) is 11.8. The Morgan fingerprint density at radius 3 is 2.20 bits per heavy atom. The number of hydrogen-bond acceptors (Lipinski definition) is 8. The van der Waals surface area contributed by atoms with Crippen LogP contribution in [0, 0.1) is 27.7 Å². The fourth-order valence-corrected chi connectivity index (χ4v) is 4.80. The molecule has 0 unspecified atom stereocenters. The molecule has 6 aromatic rings. The van der Waals surface area contributed by atoms with Gasteiger partial charge in [0.15, 0.2) is 0 Å². The van der Waals surface area contributed by atoms with E-state index in [0.29, 0.717) is 44.8 Å². The summed E-state index contributed by atoms with van der Waals surface area (Å²) in [5.74, 6) is 0.473. The lowest BCUT2D eigenvalue weighted by atomic mass is 10.0. The summed E-state index contributed by atoms with van der Waals surface area (Å²) in [6, 6.07) is 8.30. The smallest absolute Gasteiger partial charge is 0.336 e. The quantitative estimate of drug-likeness (QED) is 0.271. The molecule has 0 saturated heterocycles. The highest BCUT2D eigenvalue weighted by molar-refractivity contribution is 6.18. The van der Waals surface area contributed by atoms with E-state index in [-0.39, 0.29) is 0 Å². The molecule has 174 valence electrons. The van der Waals surface area contributed by atoms with E-state index in [1.165, 1.54) is 12.1 Å². The number of hydrogen-bond donors (Lipinski definition) is 0. The van der Waals surface area contributed by atoms with Gasteiger partial charge in [-0.25, -0.2) is 14.3 Å². The van der Waals surface area contributed by atoms with E-state index in [1.54, 1.807) is 17.9 Å². The van der Waals surface area contributed by atoms with Crippen molar-refractivity contribution in [3.63, 3.8) is 0 Å². The van der Waals surface area contributed by atoms with Gasteiger partial charge in [-0.15, -0.1) is 10.2 Å². The molecular weight excluding hydrogens is 448 g/mol. The average Bonchev–Trinajstić information content (AvgIpc) is 3.14. The highest BCUT2D eigenvalue weighted by Crippen LogP contribution is 2.38. The molecule has 9 nitrogen and oxygen atoms in total. The van der Waals surface area contributed by atoms with Crippen LogP contribution in [0.1, 0.15) is 22.4 Å². The lowest BCUT2D eigenvalue weighted by Gasteiger charge is -2.14. The summed E-state index contributed by atoms with van der Waals surface area (Å²) >= 11 is 0. The van der Waals surface area contributed by atoms with E-state index < -0.39 is 11.3 Å². The number of nitrogens with zero attached hydrogens (tertiary/aromatic N) is 4. The summed E-state index contributed by atoms with van der Waals surface area (Å²) in [4.78, 5) is 24.0. The van der Waals surface area contributed by atoms with Gasteiger partial charge in [0.25, 0.3) is 0 Å². The number of methoxy groups -OCH3 is 1. The van der Waals surface area contributed by atoms with Gasteiger partial charge in [0.2, 0.25) is 0 Å². The SMILES string of the molecule is COc1cc2oc(=O)cc(C)c2cc1-n1nc(C)c2nnc3c(C)cc4oc(=O)cc(C)c4c3c21. The predicted molar refractivity (Wildman–Crippen MR) is 132 cm³/mol. The minimum absolute atomic E-state index is 0.412. The summed E-state index contributed by atoms with van der Waals surface area (Å²) in [5, 5.41) is 16.1. The summed E-state index contributed by atoms with van der Waals surface area (Å²) in [6.45, 7) is 7.49. The van der Waals surface area contributed by atoms with Crippen LogP contribution in [0.2, 0.25) is 0 Å². The van der Waals surface area contributed by atoms with E-state index in [9.17, 15) is 9.59 Å². The third kappa shape index (κ3) is 2.97. The molecule has 0 N–H and O–H groups in total. The molecule has 2 aromatic carbocycles. The molecule has 0 radical (unpaired) electrons. The van der Waals surface area contributed by atoms with Gasteiger partial charge in [-0.05, 0) is 56.5 Å². The zero-order valence-electron chi connectivity index (χ0n) is 19.7. The van der Waals surface area contributed by atoms with Crippen molar-refractivity contribution in [1.82, 2.24) is 20.0 Å². The van der Waals surface area contributed by atoms with Crippen molar-refractivity contribution in [2.45, 2.75) is 27.7 Å². The maximum absolute atomic E-state index is 12.1. The highest BCUT2D eigenvalue weighted by atomic mass is 16.5. The van der Waals surface area contributed by atoms with Gasteiger partial charge in [-0.1, -0.05) is 0 Å². The lowest BCUT2D eigenvalue weighted by molar-refractivity contribution is 0.411. The molecule has 0 aliphatic heterocycles. The number of aryl methyl sites for hydroxylation is 4. The average molecular weight is 468 g/mol. The largest absolute Gasteiger partial charge is 0.494 e. The summed E-state index contributed by atoms with van der Waals surface area (Å²) in [6.07, 6.45) is 0. The van der Waals surface area contributed by atoms with E-state index in [0.717, 1.165) is 32.8 Å². The summed E-state index contributed by atoms with van der Waals surface area (Å²) < 4.78 is 18.4. The third-order valence-corrected chi connectivity index (χ3v) is 6.39. The van der Waals surface area contributed by atoms with Crippen molar-refractivity contribution in [3.05, 3.63) is 73.6 Å². The van der Waals surface area contributed by atoms with Gasteiger partial charge in [0.05, 0.1) is 18.3 Å². The van der Waals surface area contributed by atoms with Crippen LogP contribution in [0.5, 0.6) is 5.75 Å². The lowest BCUT2D eigenvalue weighted by Crippen LogP contribution is -2.04. The first-order valence-electron chi connectivity index (χ1n) is 11.0. The first-order valence-corrected chi connectivity index (χ1v) is 11.0. The van der Waals surface area contributed by atoms with E-state index in [4.69, 9.17) is 18.7 Å². The van der Waals surface area contributed by atoms with E-state index >= 15 is 0 Å². The Morgan fingerprint density at radius 2 is 1.46 bits per heavy atom. The first-order chi connectivity index (χ1) is 16.8. The topological polar surface area (TPSA) is 113 Å². The van der Waals surface area contributed by atoms with Crippen molar-refractivity contribution < 1.29 is 13.6 Å². The molecule has 0 spiro atoms. The monoisotopic (exact) mass is 468 g/mol. The second-order valence-electron chi connectivity index (χ2n) is 8.70. The standard InChI is InChI=1S/C26H20N4O5/c1-11-7-20(31)34-17-10-18(33-5)16(9-15(11)17)30-26-23-22-12(2)8-21(32)35-19(22)6-13(3)24(23)27-28-25(26)14(4)29-30/h6-10H,1-5H3. The summed E-state index contributed by atoms with van der Waals surface area (Å²) in [5.41, 5.74) is 5.77. The van der Waals surface area contributed by atoms with Crippen LogP contribution in [-0.2, 0) is 0 Å². The number of aromatic nitrogens is 4. The van der Waals surface area contributed by atoms with Crippen molar-refractivity contribution >= 4 is 43.9 Å². The predicted octanol–water partition coefficient (Wildman–Crippen LogP) is 4.42. The minimum Gasteiger partial charge on any atom is -0.494 e. The zero-order valence-corrected chi connectivity index (χ0v) is 19.7. The molecule has 0 aliphatic carbocycles. The van der Waals surface area contributed by atoms with E-state index in [2.05, 4.69) is 10.2 Å². The second-order valence-corrected chi connectivity index (χ2v) is 8.70. The fraction of sp³-hybridized carbons (Fsp3) is 0.192. The Bertz CT molecular complexity index is 1980. The number of rotatable bonds is 2. The van der Waals surface area contributed by atoms with Gasteiger partial charge in [-0.3, -0.25) is 0 Å². The summed E-state index contributed by atoms with van der Waals surface area (Å²) in [7, 11) is 1.55. The van der Waals surface area contributed by atoms with Crippen LogP contribution in [0.3, 0.4) is 0 Å². The molecule has 0 saturated carbocycles. The van der Waals surface area contributed by atoms with Gasteiger partial charge in [0.1, 0.15) is 33.6 Å². The van der Waals surface area contributed by atoms with E-state index in [1.807, 2.05) is 39.8 Å². The van der Waals surface area contributed by atoms with Gasteiger partial charge in [-0.2, -0.15) is 5.10 Å². The molecule has 0 fully saturated rings. The Hall–Kier alpha value is -4.53. The molecule has 9 heteroatoms. The van der Waals surface area contributed by atoms with Crippen LogP contribution in [0.4, 0.5) is 0 Å². The Balaban J connectivity index is 1.86. The van der Waals surface area contributed by atoms with Crippen molar-refractivity contribution in [2.24, 2.45) is 0 Å². The molecular formula is C26H20N4O5. The molecule has 4 aromatic heterocycles. The Kier molecular flexibility index (Phi) is 4.35. The highest BCUT2D eigenvalue weighted by Gasteiger charge is 2.22. The first kappa shape index (κ1) is 21.0. The molecule has 35 heavy (non-hydrogen) atoms. The zero-order chi connectivity index (χ0) is 24.6. The number of fused-ring (bicyclic) bond motifs is 6. The van der Waals surface area contributed by atoms with Gasteiger partial charge in [0, 0.05) is 34.4 Å². The van der Waals surface area contributed by atoms with Crippen LogP contribution < -0.4 is 16.0 Å². The minimum atomic E-state index is -0.426. The number of ether oxygens (including phenoxy) is 1. The number of benzene rings is 2. The van der Waals surface area contributed by atoms with Crippen LogP contribution in [0.25, 0.3) is 49.6 Å². The van der Waals surface area contributed by atoms with Crippen LogP contribution in [0.15, 0.2) is 48.8 Å². The van der Waals surface area contributed by atoms with Crippen molar-refractivity contribution in [2.75, 3.05) is 7.11 Å². The second kappa shape index (κ2) is 7.23. The van der Waals surface area contributed by atoms with Gasteiger partial charge < -0.3 is 13.6 Å². The van der Waals surface area contributed by atoms with Crippen LogP contribution in [-0.4, -0.2) is 27.1 Å². The molecule has 0 amide bonds.